The predicted octanol–water partition coefficient (Wildman–Crippen LogP) is 1.16. The number of ether oxygens (including phenoxy) is 1. The zero-order valence-electron chi connectivity index (χ0n) is 10.5. The SMILES string of the molecule is COc1ccc(CN(C)CNN)c(C)c1C. The van der Waals surface area contributed by atoms with Gasteiger partial charge in [0.05, 0.1) is 13.8 Å². The molecule has 0 saturated carbocycles. The minimum Gasteiger partial charge on any atom is -0.496 e. The molecule has 1 aromatic rings. The van der Waals surface area contributed by atoms with Crippen LogP contribution in [0.5, 0.6) is 5.75 Å². The van der Waals surface area contributed by atoms with Gasteiger partial charge in [-0.2, -0.15) is 0 Å². The van der Waals surface area contributed by atoms with E-state index in [1.54, 1.807) is 7.11 Å². The Kier molecular flexibility index (Phi) is 4.73. The highest BCUT2D eigenvalue weighted by Gasteiger charge is 2.08. The molecular formula is C12H21N3O. The minimum absolute atomic E-state index is 0.671. The first-order chi connectivity index (χ1) is 7.60. The monoisotopic (exact) mass is 223 g/mol. The highest BCUT2D eigenvalue weighted by molar-refractivity contribution is 5.43. The fourth-order valence-electron chi connectivity index (χ4n) is 1.75. The van der Waals surface area contributed by atoms with E-state index in [-0.39, 0.29) is 0 Å². The van der Waals surface area contributed by atoms with Crippen molar-refractivity contribution in [2.24, 2.45) is 5.84 Å². The summed E-state index contributed by atoms with van der Waals surface area (Å²) in [5.41, 5.74) is 6.43. The summed E-state index contributed by atoms with van der Waals surface area (Å²) in [6.07, 6.45) is 0. The molecule has 3 N–H and O–H groups in total. The smallest absolute Gasteiger partial charge is 0.122 e. The van der Waals surface area contributed by atoms with Crippen LogP contribution < -0.4 is 16.0 Å². The first-order valence-corrected chi connectivity index (χ1v) is 5.35. The molecule has 0 aromatic heterocycles. The number of nitrogens with two attached hydrogens (primary N) is 1. The minimum atomic E-state index is 0.671. The molecule has 0 bridgehead atoms. The van der Waals surface area contributed by atoms with Crippen LogP contribution in [0.1, 0.15) is 16.7 Å². The lowest BCUT2D eigenvalue weighted by molar-refractivity contribution is 0.300. The Morgan fingerprint density at radius 2 is 2.00 bits per heavy atom. The van der Waals surface area contributed by atoms with Crippen molar-refractivity contribution in [3.8, 4) is 5.75 Å². The summed E-state index contributed by atoms with van der Waals surface area (Å²) < 4.78 is 5.29. The summed E-state index contributed by atoms with van der Waals surface area (Å²) in [7, 11) is 3.73. The van der Waals surface area contributed by atoms with E-state index in [1.807, 2.05) is 13.1 Å². The number of hydrazine groups is 1. The van der Waals surface area contributed by atoms with Crippen molar-refractivity contribution < 1.29 is 4.74 Å². The van der Waals surface area contributed by atoms with Crippen molar-refractivity contribution in [3.05, 3.63) is 28.8 Å². The highest BCUT2D eigenvalue weighted by atomic mass is 16.5. The number of hydrogen-bond donors (Lipinski definition) is 2. The molecule has 16 heavy (non-hydrogen) atoms. The molecule has 0 fully saturated rings. The molecule has 0 aliphatic rings. The number of benzene rings is 1. The lowest BCUT2D eigenvalue weighted by Gasteiger charge is -2.19. The second-order valence-corrected chi connectivity index (χ2v) is 4.05. The molecule has 0 amide bonds. The molecule has 0 unspecified atom stereocenters. The Labute approximate surface area is 97.4 Å². The molecule has 0 heterocycles. The van der Waals surface area contributed by atoms with Crippen molar-refractivity contribution in [1.82, 2.24) is 10.3 Å². The van der Waals surface area contributed by atoms with Crippen LogP contribution in [0.3, 0.4) is 0 Å². The molecule has 0 atom stereocenters. The summed E-state index contributed by atoms with van der Waals surface area (Å²) in [4.78, 5) is 2.12. The van der Waals surface area contributed by atoms with E-state index in [1.165, 1.54) is 16.7 Å². The number of rotatable bonds is 5. The number of hydrogen-bond acceptors (Lipinski definition) is 4. The first-order valence-electron chi connectivity index (χ1n) is 5.35. The molecule has 0 radical (unpaired) electrons. The van der Waals surface area contributed by atoms with E-state index in [2.05, 4.69) is 30.2 Å². The fourth-order valence-corrected chi connectivity index (χ4v) is 1.75. The lowest BCUT2D eigenvalue weighted by atomic mass is 10.0. The van der Waals surface area contributed by atoms with E-state index in [4.69, 9.17) is 10.6 Å². The Balaban J connectivity index is 2.86. The summed E-state index contributed by atoms with van der Waals surface area (Å²) in [6, 6.07) is 4.12. The maximum Gasteiger partial charge on any atom is 0.122 e. The van der Waals surface area contributed by atoms with Crippen LogP contribution in [-0.4, -0.2) is 25.7 Å². The third kappa shape index (κ3) is 2.95. The molecule has 0 saturated heterocycles. The van der Waals surface area contributed by atoms with Crippen molar-refractivity contribution >= 4 is 0 Å². The largest absolute Gasteiger partial charge is 0.496 e. The summed E-state index contributed by atoms with van der Waals surface area (Å²) in [6.45, 7) is 5.75. The van der Waals surface area contributed by atoms with E-state index in [9.17, 15) is 0 Å². The molecule has 0 aliphatic carbocycles. The maximum atomic E-state index is 5.29. The average Bonchev–Trinajstić information content (AvgIpc) is 2.25. The van der Waals surface area contributed by atoms with E-state index >= 15 is 0 Å². The Bertz CT molecular complexity index is 352. The second-order valence-electron chi connectivity index (χ2n) is 4.05. The van der Waals surface area contributed by atoms with Crippen LogP contribution in [0.25, 0.3) is 0 Å². The highest BCUT2D eigenvalue weighted by Crippen LogP contribution is 2.24. The maximum absolute atomic E-state index is 5.29. The standard InChI is InChI=1S/C12H21N3O/c1-9-10(2)12(16-4)6-5-11(9)7-15(3)8-14-13/h5-6,14H,7-8,13H2,1-4H3. The predicted molar refractivity (Wildman–Crippen MR) is 66.1 cm³/mol. The second kappa shape index (κ2) is 5.84. The van der Waals surface area contributed by atoms with Crippen LogP contribution in [0.4, 0.5) is 0 Å². The van der Waals surface area contributed by atoms with Gasteiger partial charge in [-0.15, -0.1) is 0 Å². The van der Waals surface area contributed by atoms with Crippen molar-refractivity contribution in [3.63, 3.8) is 0 Å². The van der Waals surface area contributed by atoms with Crippen molar-refractivity contribution in [2.75, 3.05) is 20.8 Å². The Morgan fingerprint density at radius 3 is 2.56 bits per heavy atom. The zero-order chi connectivity index (χ0) is 12.1. The quantitative estimate of drug-likeness (QED) is 0.447. The van der Waals surface area contributed by atoms with Crippen molar-refractivity contribution in [2.45, 2.75) is 20.4 Å². The molecule has 90 valence electrons. The van der Waals surface area contributed by atoms with Gasteiger partial charge in [0.1, 0.15) is 5.75 Å². The summed E-state index contributed by atoms with van der Waals surface area (Å²) in [5.74, 6) is 6.23. The van der Waals surface area contributed by atoms with Gasteiger partial charge >= 0.3 is 0 Å². The van der Waals surface area contributed by atoms with Gasteiger partial charge in [0.2, 0.25) is 0 Å². The number of nitrogens with one attached hydrogen (secondary N) is 1. The molecule has 1 rings (SSSR count). The summed E-state index contributed by atoms with van der Waals surface area (Å²) >= 11 is 0. The molecule has 1 aromatic carbocycles. The van der Waals surface area contributed by atoms with Gasteiger partial charge in [0.25, 0.3) is 0 Å². The Hall–Kier alpha value is -1.10. The van der Waals surface area contributed by atoms with Gasteiger partial charge in [-0.3, -0.25) is 10.7 Å². The zero-order valence-corrected chi connectivity index (χ0v) is 10.5. The van der Waals surface area contributed by atoms with Crippen LogP contribution >= 0.6 is 0 Å². The van der Waals surface area contributed by atoms with Gasteiger partial charge in [-0.25, -0.2) is 5.43 Å². The van der Waals surface area contributed by atoms with Crippen LogP contribution in [-0.2, 0) is 6.54 Å². The van der Waals surface area contributed by atoms with Crippen molar-refractivity contribution in [1.29, 1.82) is 0 Å². The van der Waals surface area contributed by atoms with Gasteiger partial charge < -0.3 is 4.74 Å². The number of nitrogens with zero attached hydrogens (tertiary/aromatic N) is 1. The first kappa shape index (κ1) is 13.0. The lowest BCUT2D eigenvalue weighted by Crippen LogP contribution is -2.35. The van der Waals surface area contributed by atoms with E-state index in [0.29, 0.717) is 6.67 Å². The van der Waals surface area contributed by atoms with Gasteiger partial charge in [0.15, 0.2) is 0 Å². The van der Waals surface area contributed by atoms with E-state index < -0.39 is 0 Å². The fraction of sp³-hybridized carbons (Fsp3) is 0.500. The van der Waals surface area contributed by atoms with Crippen LogP contribution in [0.15, 0.2) is 12.1 Å². The number of methoxy groups -OCH3 is 1. The molecule has 0 spiro atoms. The third-order valence-corrected chi connectivity index (χ3v) is 2.87. The third-order valence-electron chi connectivity index (χ3n) is 2.87. The topological polar surface area (TPSA) is 50.5 Å². The van der Waals surface area contributed by atoms with Gasteiger partial charge in [-0.05, 0) is 43.7 Å². The summed E-state index contributed by atoms with van der Waals surface area (Å²) in [5, 5.41) is 0. The average molecular weight is 223 g/mol. The van der Waals surface area contributed by atoms with Crippen LogP contribution in [0.2, 0.25) is 0 Å². The molecule has 4 heteroatoms. The Morgan fingerprint density at radius 1 is 1.31 bits per heavy atom. The molecular weight excluding hydrogens is 202 g/mol. The van der Waals surface area contributed by atoms with Gasteiger partial charge in [0, 0.05) is 6.54 Å². The normalized spacial score (nSPS) is 10.9. The molecule has 4 nitrogen and oxygen atoms in total. The van der Waals surface area contributed by atoms with Crippen LogP contribution in [0, 0.1) is 13.8 Å². The van der Waals surface area contributed by atoms with E-state index in [0.717, 1.165) is 12.3 Å². The molecule has 0 aliphatic heterocycles. The van der Waals surface area contributed by atoms with Gasteiger partial charge in [-0.1, -0.05) is 6.07 Å².